The minimum atomic E-state index is -0.208. The van der Waals surface area contributed by atoms with E-state index in [-0.39, 0.29) is 17.7 Å². The highest BCUT2D eigenvalue weighted by atomic mass is 32.1. The van der Waals surface area contributed by atoms with E-state index in [9.17, 15) is 9.59 Å². The molecule has 1 saturated heterocycles. The predicted molar refractivity (Wildman–Crippen MR) is 91.9 cm³/mol. The summed E-state index contributed by atoms with van der Waals surface area (Å²) in [6.07, 6.45) is 0. The standard InChI is InChI=1S/C17H18N2O4S/c1-22-12-5-6-13(14(8-12)23-2)18-16(20)11-9-19(10-11)17(21)15-4-3-7-24-15/h3-8,11H,9-10H2,1-2H3,(H,18,20). The van der Waals surface area contributed by atoms with Crippen LogP contribution >= 0.6 is 11.3 Å². The fourth-order valence-corrected chi connectivity index (χ4v) is 3.19. The molecule has 1 N–H and O–H groups in total. The van der Waals surface area contributed by atoms with Gasteiger partial charge in [-0.25, -0.2) is 0 Å². The van der Waals surface area contributed by atoms with Gasteiger partial charge in [-0.15, -0.1) is 11.3 Å². The summed E-state index contributed by atoms with van der Waals surface area (Å²) < 4.78 is 10.4. The maximum absolute atomic E-state index is 12.3. The average Bonchev–Trinajstić information content (AvgIpc) is 3.08. The lowest BCUT2D eigenvalue weighted by atomic mass is 9.98. The largest absolute Gasteiger partial charge is 0.497 e. The average molecular weight is 346 g/mol. The van der Waals surface area contributed by atoms with Crippen LogP contribution in [0.4, 0.5) is 5.69 Å². The second-order valence-electron chi connectivity index (χ2n) is 5.44. The molecule has 0 saturated carbocycles. The third kappa shape index (κ3) is 3.21. The van der Waals surface area contributed by atoms with Crippen LogP contribution in [0.5, 0.6) is 11.5 Å². The van der Waals surface area contributed by atoms with Crippen molar-refractivity contribution in [3.63, 3.8) is 0 Å². The lowest BCUT2D eigenvalue weighted by Crippen LogP contribution is -2.54. The Morgan fingerprint density at radius 3 is 2.62 bits per heavy atom. The molecule has 0 unspecified atom stereocenters. The summed E-state index contributed by atoms with van der Waals surface area (Å²) in [5, 5.41) is 4.72. The smallest absolute Gasteiger partial charge is 0.263 e. The predicted octanol–water partition coefficient (Wildman–Crippen LogP) is 2.48. The van der Waals surface area contributed by atoms with Crippen LogP contribution in [0.1, 0.15) is 9.67 Å². The molecule has 1 aromatic carbocycles. The van der Waals surface area contributed by atoms with Crippen molar-refractivity contribution in [2.45, 2.75) is 0 Å². The fraction of sp³-hybridized carbons (Fsp3) is 0.294. The summed E-state index contributed by atoms with van der Waals surface area (Å²) in [5.74, 6) is 0.847. The molecule has 2 amide bonds. The summed E-state index contributed by atoms with van der Waals surface area (Å²) in [6, 6.07) is 8.85. The summed E-state index contributed by atoms with van der Waals surface area (Å²) in [7, 11) is 3.11. The van der Waals surface area contributed by atoms with Gasteiger partial charge in [0, 0.05) is 19.2 Å². The van der Waals surface area contributed by atoms with Gasteiger partial charge in [0.2, 0.25) is 5.91 Å². The van der Waals surface area contributed by atoms with Gasteiger partial charge in [-0.1, -0.05) is 6.07 Å². The molecule has 3 rings (SSSR count). The Hall–Kier alpha value is -2.54. The van der Waals surface area contributed by atoms with E-state index in [4.69, 9.17) is 9.47 Å². The molecule has 2 aromatic rings. The zero-order valence-electron chi connectivity index (χ0n) is 13.4. The molecule has 7 heteroatoms. The first-order chi connectivity index (χ1) is 11.6. The maximum Gasteiger partial charge on any atom is 0.263 e. The van der Waals surface area contributed by atoms with Gasteiger partial charge < -0.3 is 19.7 Å². The number of rotatable bonds is 5. The Morgan fingerprint density at radius 1 is 1.21 bits per heavy atom. The number of thiophene rings is 1. The van der Waals surface area contributed by atoms with Crippen molar-refractivity contribution in [1.29, 1.82) is 0 Å². The third-order valence-electron chi connectivity index (χ3n) is 3.94. The minimum Gasteiger partial charge on any atom is -0.497 e. The first kappa shape index (κ1) is 16.3. The lowest BCUT2D eigenvalue weighted by molar-refractivity contribution is -0.123. The minimum absolute atomic E-state index is 0.0175. The number of carbonyl (C=O) groups excluding carboxylic acids is 2. The number of amides is 2. The molecule has 0 radical (unpaired) electrons. The zero-order chi connectivity index (χ0) is 17.1. The maximum atomic E-state index is 12.3. The summed E-state index contributed by atoms with van der Waals surface area (Å²) in [5.41, 5.74) is 0.589. The van der Waals surface area contributed by atoms with E-state index in [0.29, 0.717) is 35.2 Å². The number of anilines is 1. The van der Waals surface area contributed by atoms with Gasteiger partial charge in [0.1, 0.15) is 11.5 Å². The zero-order valence-corrected chi connectivity index (χ0v) is 14.3. The molecule has 1 fully saturated rings. The Balaban J connectivity index is 1.58. The summed E-state index contributed by atoms with van der Waals surface area (Å²) in [4.78, 5) is 26.9. The van der Waals surface area contributed by atoms with Crippen LogP contribution in [0.2, 0.25) is 0 Å². The molecule has 126 valence electrons. The Kier molecular flexibility index (Phi) is 4.71. The van der Waals surface area contributed by atoms with Crippen LogP contribution in [0.15, 0.2) is 35.7 Å². The number of likely N-dealkylation sites (tertiary alicyclic amines) is 1. The first-order valence-corrected chi connectivity index (χ1v) is 8.36. The van der Waals surface area contributed by atoms with Gasteiger partial charge in [0.15, 0.2) is 0 Å². The Labute approximate surface area is 144 Å². The van der Waals surface area contributed by atoms with Crippen molar-refractivity contribution >= 4 is 28.8 Å². The molecule has 0 spiro atoms. The molecule has 0 bridgehead atoms. The number of nitrogens with zero attached hydrogens (tertiary/aromatic N) is 1. The van der Waals surface area contributed by atoms with Crippen molar-refractivity contribution < 1.29 is 19.1 Å². The van der Waals surface area contributed by atoms with Crippen LogP contribution in [0.3, 0.4) is 0 Å². The summed E-state index contributed by atoms with van der Waals surface area (Å²) in [6.45, 7) is 0.863. The van der Waals surface area contributed by atoms with E-state index in [1.807, 2.05) is 11.4 Å². The number of carbonyl (C=O) groups is 2. The van der Waals surface area contributed by atoms with Crippen LogP contribution in [-0.4, -0.2) is 44.0 Å². The Morgan fingerprint density at radius 2 is 2.00 bits per heavy atom. The molecular weight excluding hydrogens is 328 g/mol. The molecule has 6 nitrogen and oxygen atoms in total. The second-order valence-corrected chi connectivity index (χ2v) is 6.39. The molecule has 1 aliphatic rings. The van der Waals surface area contributed by atoms with Gasteiger partial charge in [-0.2, -0.15) is 0 Å². The molecule has 24 heavy (non-hydrogen) atoms. The fourth-order valence-electron chi connectivity index (χ4n) is 2.50. The Bertz CT molecular complexity index is 739. The van der Waals surface area contributed by atoms with Crippen LogP contribution in [-0.2, 0) is 4.79 Å². The molecule has 0 aliphatic carbocycles. The van der Waals surface area contributed by atoms with Crippen molar-refractivity contribution in [2.24, 2.45) is 5.92 Å². The first-order valence-electron chi connectivity index (χ1n) is 7.48. The number of hydrogen-bond acceptors (Lipinski definition) is 5. The van der Waals surface area contributed by atoms with E-state index >= 15 is 0 Å². The topological polar surface area (TPSA) is 67.9 Å². The van der Waals surface area contributed by atoms with E-state index in [1.54, 1.807) is 36.3 Å². The number of hydrogen-bond donors (Lipinski definition) is 1. The van der Waals surface area contributed by atoms with Gasteiger partial charge >= 0.3 is 0 Å². The van der Waals surface area contributed by atoms with Crippen LogP contribution in [0, 0.1) is 5.92 Å². The normalized spacial score (nSPS) is 14.0. The highest BCUT2D eigenvalue weighted by Gasteiger charge is 2.36. The SMILES string of the molecule is COc1ccc(NC(=O)C2CN(C(=O)c3cccs3)C2)c(OC)c1. The van der Waals surface area contributed by atoms with Crippen molar-refractivity contribution in [3.8, 4) is 11.5 Å². The van der Waals surface area contributed by atoms with E-state index in [0.717, 1.165) is 0 Å². The lowest BCUT2D eigenvalue weighted by Gasteiger charge is -2.38. The number of methoxy groups -OCH3 is 2. The third-order valence-corrected chi connectivity index (χ3v) is 4.80. The number of ether oxygens (including phenoxy) is 2. The van der Waals surface area contributed by atoms with Crippen molar-refractivity contribution in [2.75, 3.05) is 32.6 Å². The van der Waals surface area contributed by atoms with Crippen LogP contribution in [0.25, 0.3) is 0 Å². The molecule has 2 heterocycles. The quantitative estimate of drug-likeness (QED) is 0.903. The van der Waals surface area contributed by atoms with E-state index in [1.165, 1.54) is 18.4 Å². The van der Waals surface area contributed by atoms with Gasteiger partial charge in [-0.3, -0.25) is 9.59 Å². The molecule has 1 aromatic heterocycles. The van der Waals surface area contributed by atoms with Crippen molar-refractivity contribution in [3.05, 3.63) is 40.6 Å². The van der Waals surface area contributed by atoms with Crippen molar-refractivity contribution in [1.82, 2.24) is 4.90 Å². The second kappa shape index (κ2) is 6.92. The monoisotopic (exact) mass is 346 g/mol. The molecule has 0 atom stereocenters. The highest BCUT2D eigenvalue weighted by Crippen LogP contribution is 2.30. The van der Waals surface area contributed by atoms with E-state index < -0.39 is 0 Å². The molecular formula is C17H18N2O4S. The highest BCUT2D eigenvalue weighted by molar-refractivity contribution is 7.12. The summed E-state index contributed by atoms with van der Waals surface area (Å²) >= 11 is 1.41. The molecule has 1 aliphatic heterocycles. The number of nitrogens with one attached hydrogen (secondary N) is 1. The van der Waals surface area contributed by atoms with E-state index in [2.05, 4.69) is 5.32 Å². The van der Waals surface area contributed by atoms with Gasteiger partial charge in [0.05, 0.1) is 30.7 Å². The number of benzene rings is 1. The van der Waals surface area contributed by atoms with Crippen LogP contribution < -0.4 is 14.8 Å². The van der Waals surface area contributed by atoms with Gasteiger partial charge in [-0.05, 0) is 23.6 Å². The van der Waals surface area contributed by atoms with Gasteiger partial charge in [0.25, 0.3) is 5.91 Å².